The van der Waals surface area contributed by atoms with Gasteiger partial charge in [-0.3, -0.25) is 0 Å². The third-order valence-electron chi connectivity index (χ3n) is 3.72. The van der Waals surface area contributed by atoms with Crippen molar-refractivity contribution in [2.75, 3.05) is 19.5 Å². The lowest BCUT2D eigenvalue weighted by atomic mass is 10.1. The molecule has 7 heteroatoms. The maximum Gasteiger partial charge on any atom is 0.337 e. The molecule has 2 aromatic carbocycles. The number of hydrogen-bond donors (Lipinski definition) is 1. The maximum absolute atomic E-state index is 13.8. The monoisotopic (exact) mass is 341 g/mol. The number of nitrogens with one attached hydrogen (secondary N) is 1. The van der Waals surface area contributed by atoms with Gasteiger partial charge in [-0.05, 0) is 23.8 Å². The third kappa shape index (κ3) is 3.50. The van der Waals surface area contributed by atoms with E-state index in [0.29, 0.717) is 28.8 Å². The van der Waals surface area contributed by atoms with E-state index in [0.717, 1.165) is 5.56 Å². The number of anilines is 1. The predicted octanol–water partition coefficient (Wildman–Crippen LogP) is 3.18. The zero-order chi connectivity index (χ0) is 17.8. The second kappa shape index (κ2) is 7.12. The van der Waals surface area contributed by atoms with Crippen LogP contribution in [0.2, 0.25) is 0 Å². The quantitative estimate of drug-likeness (QED) is 0.719. The molecule has 0 bridgehead atoms. The Morgan fingerprint density at radius 3 is 2.80 bits per heavy atom. The average Bonchev–Trinajstić information content (AvgIpc) is 2.65. The summed E-state index contributed by atoms with van der Waals surface area (Å²) in [6, 6.07) is 9.94. The molecule has 0 saturated carbocycles. The number of carbonyl (C=O) groups excluding carboxylic acids is 1. The van der Waals surface area contributed by atoms with E-state index in [9.17, 15) is 9.18 Å². The first kappa shape index (κ1) is 16.6. The molecule has 25 heavy (non-hydrogen) atoms. The molecule has 0 saturated heterocycles. The van der Waals surface area contributed by atoms with Gasteiger partial charge in [0.25, 0.3) is 0 Å². The molecule has 0 aliphatic rings. The third-order valence-corrected chi connectivity index (χ3v) is 3.72. The summed E-state index contributed by atoms with van der Waals surface area (Å²) in [7, 11) is 2.74. The fourth-order valence-corrected chi connectivity index (χ4v) is 2.47. The largest absolute Gasteiger partial charge is 0.494 e. The summed E-state index contributed by atoms with van der Waals surface area (Å²) < 4.78 is 23.5. The molecule has 0 aliphatic carbocycles. The van der Waals surface area contributed by atoms with Crippen molar-refractivity contribution in [2.45, 2.75) is 6.54 Å². The maximum atomic E-state index is 13.8. The highest BCUT2D eigenvalue weighted by molar-refractivity contribution is 5.90. The summed E-state index contributed by atoms with van der Waals surface area (Å²) in [6.07, 6.45) is 1.36. The van der Waals surface area contributed by atoms with Crippen LogP contribution in [0.1, 0.15) is 15.9 Å². The number of methoxy groups -OCH3 is 2. The number of fused-ring (bicyclic) bond motifs is 1. The Hall–Kier alpha value is -3.22. The summed E-state index contributed by atoms with van der Waals surface area (Å²) in [6.45, 7) is 0.427. The van der Waals surface area contributed by atoms with E-state index in [-0.39, 0.29) is 5.75 Å². The van der Waals surface area contributed by atoms with Crippen LogP contribution in [-0.4, -0.2) is 30.2 Å². The van der Waals surface area contributed by atoms with Crippen LogP contribution in [0.3, 0.4) is 0 Å². The molecule has 1 heterocycles. The molecule has 0 radical (unpaired) electrons. The highest BCUT2D eigenvalue weighted by Gasteiger charge is 2.11. The average molecular weight is 341 g/mol. The molecule has 3 rings (SSSR count). The Bertz CT molecular complexity index is 931. The minimum atomic E-state index is -0.481. The molecule has 128 valence electrons. The van der Waals surface area contributed by atoms with Crippen LogP contribution in [0.15, 0.2) is 42.7 Å². The van der Waals surface area contributed by atoms with Crippen molar-refractivity contribution < 1.29 is 18.7 Å². The van der Waals surface area contributed by atoms with Crippen LogP contribution < -0.4 is 10.1 Å². The van der Waals surface area contributed by atoms with Crippen molar-refractivity contribution in [1.29, 1.82) is 0 Å². The van der Waals surface area contributed by atoms with E-state index in [1.807, 2.05) is 6.07 Å². The molecule has 3 aromatic rings. The second-order valence-corrected chi connectivity index (χ2v) is 5.27. The smallest absolute Gasteiger partial charge is 0.337 e. The lowest BCUT2D eigenvalue weighted by molar-refractivity contribution is 0.0600. The van der Waals surface area contributed by atoms with E-state index in [2.05, 4.69) is 15.3 Å². The van der Waals surface area contributed by atoms with Crippen molar-refractivity contribution >= 4 is 22.7 Å². The standard InChI is InChI=1S/C18H16FN3O3/c1-24-16-7-13-15(8-14(16)19)21-10-22-17(13)20-9-11-4-3-5-12(6-11)18(23)25-2/h3-8,10H,9H2,1-2H3,(H,20,21,22). The van der Waals surface area contributed by atoms with Crippen LogP contribution in [0, 0.1) is 5.82 Å². The summed E-state index contributed by atoms with van der Waals surface area (Å²) in [4.78, 5) is 19.9. The molecule has 0 unspecified atom stereocenters. The Morgan fingerprint density at radius 2 is 2.04 bits per heavy atom. The van der Waals surface area contributed by atoms with Crippen LogP contribution in [0.4, 0.5) is 10.2 Å². The fourth-order valence-electron chi connectivity index (χ4n) is 2.47. The topological polar surface area (TPSA) is 73.3 Å². The number of ether oxygens (including phenoxy) is 2. The first-order chi connectivity index (χ1) is 12.1. The molecule has 1 aromatic heterocycles. The summed E-state index contributed by atoms with van der Waals surface area (Å²) in [5.41, 5.74) is 1.82. The fraction of sp³-hybridized carbons (Fsp3) is 0.167. The van der Waals surface area contributed by atoms with Crippen molar-refractivity contribution in [3.63, 3.8) is 0 Å². The van der Waals surface area contributed by atoms with Crippen molar-refractivity contribution in [2.24, 2.45) is 0 Å². The highest BCUT2D eigenvalue weighted by atomic mass is 19.1. The van der Waals surface area contributed by atoms with Crippen molar-refractivity contribution in [1.82, 2.24) is 9.97 Å². The number of aromatic nitrogens is 2. The predicted molar refractivity (Wildman–Crippen MR) is 91.2 cm³/mol. The molecule has 6 nitrogen and oxygen atoms in total. The Balaban J connectivity index is 1.87. The normalized spacial score (nSPS) is 10.5. The molecule has 0 aliphatic heterocycles. The van der Waals surface area contributed by atoms with Crippen LogP contribution in [0.25, 0.3) is 10.9 Å². The first-order valence-corrected chi connectivity index (χ1v) is 7.51. The van der Waals surface area contributed by atoms with Gasteiger partial charge in [0.15, 0.2) is 11.6 Å². The van der Waals surface area contributed by atoms with E-state index in [4.69, 9.17) is 9.47 Å². The SMILES string of the molecule is COC(=O)c1cccc(CNc2ncnc3cc(F)c(OC)cc23)c1. The van der Waals surface area contributed by atoms with Gasteiger partial charge in [-0.25, -0.2) is 19.2 Å². The number of nitrogens with zero attached hydrogens (tertiary/aromatic N) is 2. The summed E-state index contributed by atoms with van der Waals surface area (Å²) in [5.74, 6) is -0.204. The molecule has 0 spiro atoms. The lowest BCUT2D eigenvalue weighted by Crippen LogP contribution is -2.05. The minimum Gasteiger partial charge on any atom is -0.494 e. The van der Waals surface area contributed by atoms with E-state index in [1.165, 1.54) is 26.6 Å². The van der Waals surface area contributed by atoms with Gasteiger partial charge >= 0.3 is 5.97 Å². The summed E-state index contributed by atoms with van der Waals surface area (Å²) >= 11 is 0. The zero-order valence-corrected chi connectivity index (χ0v) is 13.7. The molecular formula is C18H16FN3O3. The van der Waals surface area contributed by atoms with E-state index in [1.54, 1.807) is 24.3 Å². The van der Waals surface area contributed by atoms with Gasteiger partial charge in [0.2, 0.25) is 0 Å². The van der Waals surface area contributed by atoms with Gasteiger partial charge in [-0.1, -0.05) is 12.1 Å². The van der Waals surface area contributed by atoms with Crippen LogP contribution >= 0.6 is 0 Å². The second-order valence-electron chi connectivity index (χ2n) is 5.27. The molecule has 0 fully saturated rings. The van der Waals surface area contributed by atoms with Gasteiger partial charge in [-0.15, -0.1) is 0 Å². The van der Waals surface area contributed by atoms with Crippen LogP contribution in [-0.2, 0) is 11.3 Å². The Morgan fingerprint density at radius 1 is 1.20 bits per heavy atom. The van der Waals surface area contributed by atoms with Gasteiger partial charge in [-0.2, -0.15) is 0 Å². The summed E-state index contributed by atoms with van der Waals surface area (Å²) in [5, 5.41) is 3.82. The van der Waals surface area contributed by atoms with Gasteiger partial charge < -0.3 is 14.8 Å². The Kier molecular flexibility index (Phi) is 4.74. The van der Waals surface area contributed by atoms with Gasteiger partial charge in [0.05, 0.1) is 25.3 Å². The molecule has 0 amide bonds. The van der Waals surface area contributed by atoms with E-state index >= 15 is 0 Å². The number of benzene rings is 2. The number of hydrogen-bond acceptors (Lipinski definition) is 6. The highest BCUT2D eigenvalue weighted by Crippen LogP contribution is 2.27. The lowest BCUT2D eigenvalue weighted by Gasteiger charge is -2.10. The number of esters is 1. The molecular weight excluding hydrogens is 325 g/mol. The molecule has 0 atom stereocenters. The first-order valence-electron chi connectivity index (χ1n) is 7.51. The van der Waals surface area contributed by atoms with Crippen LogP contribution in [0.5, 0.6) is 5.75 Å². The zero-order valence-electron chi connectivity index (χ0n) is 13.7. The number of carbonyl (C=O) groups is 1. The molecule has 1 N–H and O–H groups in total. The van der Waals surface area contributed by atoms with Crippen molar-refractivity contribution in [3.8, 4) is 5.75 Å². The van der Waals surface area contributed by atoms with E-state index < -0.39 is 11.8 Å². The van der Waals surface area contributed by atoms with Crippen molar-refractivity contribution in [3.05, 3.63) is 59.7 Å². The minimum absolute atomic E-state index is 0.123. The van der Waals surface area contributed by atoms with Gasteiger partial charge in [0, 0.05) is 18.0 Å². The number of halogens is 1. The Labute approximate surface area is 143 Å². The number of rotatable bonds is 5. The van der Waals surface area contributed by atoms with Gasteiger partial charge in [0.1, 0.15) is 12.1 Å².